The summed E-state index contributed by atoms with van der Waals surface area (Å²) in [6.45, 7) is 0.0844. The van der Waals surface area contributed by atoms with E-state index in [1.54, 1.807) is 24.3 Å². The maximum absolute atomic E-state index is 12.6. The number of carbonyl (C=O) groups is 1. The molecule has 1 aromatic heterocycles. The van der Waals surface area contributed by atoms with Crippen LogP contribution in [0, 0.1) is 0 Å². The first kappa shape index (κ1) is 15.6. The summed E-state index contributed by atoms with van der Waals surface area (Å²) in [6.07, 6.45) is 1.75. The molecule has 23 heavy (non-hydrogen) atoms. The zero-order valence-corrected chi connectivity index (χ0v) is 12.4. The number of amides is 1. The highest BCUT2D eigenvalue weighted by atomic mass is 16.5. The van der Waals surface area contributed by atoms with Gasteiger partial charge in [0.15, 0.2) is 0 Å². The molecule has 1 aromatic carbocycles. The number of hydrogen-bond donors (Lipinski definition) is 3. The molecule has 122 valence electrons. The minimum Gasteiger partial charge on any atom is -0.394 e. The predicted octanol–water partition coefficient (Wildman–Crippen LogP) is -0.492. The number of benzene rings is 1. The van der Waals surface area contributed by atoms with Gasteiger partial charge < -0.3 is 20.3 Å². The quantitative estimate of drug-likeness (QED) is 0.702. The van der Waals surface area contributed by atoms with E-state index in [-0.39, 0.29) is 12.5 Å². The Morgan fingerprint density at radius 2 is 2.26 bits per heavy atom. The van der Waals surface area contributed by atoms with E-state index in [2.05, 4.69) is 15.4 Å². The summed E-state index contributed by atoms with van der Waals surface area (Å²) in [7, 11) is 0. The second kappa shape index (κ2) is 6.86. The predicted molar refractivity (Wildman–Crippen MR) is 80.1 cm³/mol. The fourth-order valence-electron chi connectivity index (χ4n) is 2.64. The van der Waals surface area contributed by atoms with Crippen molar-refractivity contribution in [3.8, 4) is 5.69 Å². The van der Waals surface area contributed by atoms with Crippen molar-refractivity contribution in [2.24, 2.45) is 0 Å². The third-order valence-electron chi connectivity index (χ3n) is 3.86. The second-order valence-corrected chi connectivity index (χ2v) is 5.31. The van der Waals surface area contributed by atoms with Gasteiger partial charge in [-0.1, -0.05) is 12.1 Å². The van der Waals surface area contributed by atoms with Crippen LogP contribution < -0.4 is 5.32 Å². The van der Waals surface area contributed by atoms with E-state index in [0.717, 1.165) is 0 Å². The Hall–Kier alpha value is -2.29. The van der Waals surface area contributed by atoms with Crippen LogP contribution in [0.15, 0.2) is 36.9 Å². The fraction of sp³-hybridized carbons (Fsp3) is 0.400. The molecule has 3 rings (SSSR count). The van der Waals surface area contributed by atoms with Gasteiger partial charge in [0.2, 0.25) is 0 Å². The van der Waals surface area contributed by atoms with Crippen molar-refractivity contribution in [3.05, 3.63) is 42.5 Å². The molecule has 0 saturated carbocycles. The lowest BCUT2D eigenvalue weighted by Crippen LogP contribution is -2.54. The Morgan fingerprint density at radius 3 is 3.00 bits per heavy atom. The largest absolute Gasteiger partial charge is 0.394 e. The van der Waals surface area contributed by atoms with Crippen molar-refractivity contribution in [3.63, 3.8) is 0 Å². The Labute approximate surface area is 132 Å². The van der Waals surface area contributed by atoms with Gasteiger partial charge in [0.1, 0.15) is 24.9 Å². The molecule has 0 spiro atoms. The molecule has 1 aliphatic rings. The molecular weight excluding hydrogens is 300 g/mol. The van der Waals surface area contributed by atoms with Crippen LogP contribution in [0.5, 0.6) is 0 Å². The van der Waals surface area contributed by atoms with Crippen molar-refractivity contribution < 1.29 is 19.7 Å². The number of aromatic nitrogens is 3. The number of aliphatic hydroxyl groups is 2. The van der Waals surface area contributed by atoms with Gasteiger partial charge in [0.05, 0.1) is 23.9 Å². The maximum atomic E-state index is 12.6. The normalized spacial score (nSPS) is 24.3. The first-order valence-electron chi connectivity index (χ1n) is 7.36. The minimum absolute atomic E-state index is 0.289. The van der Waals surface area contributed by atoms with Gasteiger partial charge in [0, 0.05) is 6.61 Å². The highest BCUT2D eigenvalue weighted by molar-refractivity contribution is 5.97. The summed E-state index contributed by atoms with van der Waals surface area (Å²) >= 11 is 0. The summed E-state index contributed by atoms with van der Waals surface area (Å²) in [5.41, 5.74) is 1.03. The lowest BCUT2D eigenvalue weighted by Gasteiger charge is -2.34. The van der Waals surface area contributed by atoms with Gasteiger partial charge in [-0.05, 0) is 18.6 Å². The van der Waals surface area contributed by atoms with Gasteiger partial charge >= 0.3 is 0 Å². The van der Waals surface area contributed by atoms with E-state index in [4.69, 9.17) is 4.74 Å². The van der Waals surface area contributed by atoms with Gasteiger partial charge in [-0.15, -0.1) is 0 Å². The van der Waals surface area contributed by atoms with Gasteiger partial charge in [-0.25, -0.2) is 9.67 Å². The molecule has 2 aromatic rings. The van der Waals surface area contributed by atoms with Crippen LogP contribution in [-0.2, 0) is 4.74 Å². The third kappa shape index (κ3) is 3.24. The molecule has 3 atom stereocenters. The molecular formula is C15H18N4O4. The topological polar surface area (TPSA) is 110 Å². The van der Waals surface area contributed by atoms with Crippen LogP contribution in [0.25, 0.3) is 5.69 Å². The standard InChI is InChI=1S/C15H18N4O4/c20-7-13-14(21)11(5-6-23-13)18-15(22)10-3-1-2-4-12(10)19-9-16-8-17-19/h1-4,8-9,11,13-14,20-21H,5-7H2,(H,18,22)/t11-,13+,14-/m0/s1. The summed E-state index contributed by atoms with van der Waals surface area (Å²) in [5, 5.41) is 26.2. The monoisotopic (exact) mass is 318 g/mol. The molecule has 0 radical (unpaired) electrons. The smallest absolute Gasteiger partial charge is 0.253 e. The number of aliphatic hydroxyl groups excluding tert-OH is 2. The molecule has 0 bridgehead atoms. The number of nitrogens with one attached hydrogen (secondary N) is 1. The van der Waals surface area contributed by atoms with E-state index in [0.29, 0.717) is 24.3 Å². The van der Waals surface area contributed by atoms with E-state index < -0.39 is 18.2 Å². The van der Waals surface area contributed by atoms with E-state index in [1.165, 1.54) is 17.3 Å². The fourth-order valence-corrected chi connectivity index (χ4v) is 2.64. The summed E-state index contributed by atoms with van der Waals surface area (Å²) < 4.78 is 6.77. The highest BCUT2D eigenvalue weighted by Gasteiger charge is 2.33. The minimum atomic E-state index is -0.948. The van der Waals surface area contributed by atoms with Crippen LogP contribution in [-0.4, -0.2) is 62.3 Å². The lowest BCUT2D eigenvalue weighted by molar-refractivity contribution is -0.107. The Balaban J connectivity index is 1.79. The molecule has 1 aliphatic heterocycles. The average molecular weight is 318 g/mol. The van der Waals surface area contributed by atoms with Crippen LogP contribution >= 0.6 is 0 Å². The molecule has 1 fully saturated rings. The van der Waals surface area contributed by atoms with Gasteiger partial charge in [0.25, 0.3) is 5.91 Å². The van der Waals surface area contributed by atoms with E-state index in [1.807, 2.05) is 0 Å². The Bertz CT molecular complexity index is 661. The first-order chi connectivity index (χ1) is 11.2. The SMILES string of the molecule is O=C(N[C@H]1CCO[C@H](CO)[C@H]1O)c1ccccc1-n1cncn1. The first-order valence-corrected chi connectivity index (χ1v) is 7.36. The molecule has 3 N–H and O–H groups in total. The van der Waals surface area contributed by atoms with Crippen molar-refractivity contribution in [2.75, 3.05) is 13.2 Å². The molecule has 1 amide bonds. The van der Waals surface area contributed by atoms with E-state index in [9.17, 15) is 15.0 Å². The van der Waals surface area contributed by atoms with Crippen molar-refractivity contribution in [1.82, 2.24) is 20.1 Å². The Morgan fingerprint density at radius 1 is 1.43 bits per heavy atom. The highest BCUT2D eigenvalue weighted by Crippen LogP contribution is 2.17. The van der Waals surface area contributed by atoms with Gasteiger partial charge in [-0.3, -0.25) is 4.79 Å². The lowest BCUT2D eigenvalue weighted by atomic mass is 9.99. The van der Waals surface area contributed by atoms with E-state index >= 15 is 0 Å². The van der Waals surface area contributed by atoms with Crippen LogP contribution in [0.2, 0.25) is 0 Å². The number of hydrogen-bond acceptors (Lipinski definition) is 6. The number of para-hydroxylation sites is 1. The van der Waals surface area contributed by atoms with Crippen molar-refractivity contribution >= 4 is 5.91 Å². The van der Waals surface area contributed by atoms with Crippen LogP contribution in [0.3, 0.4) is 0 Å². The van der Waals surface area contributed by atoms with Crippen molar-refractivity contribution in [1.29, 1.82) is 0 Å². The number of ether oxygens (including phenoxy) is 1. The molecule has 0 unspecified atom stereocenters. The molecule has 8 heteroatoms. The maximum Gasteiger partial charge on any atom is 0.253 e. The second-order valence-electron chi connectivity index (χ2n) is 5.31. The zero-order chi connectivity index (χ0) is 16.2. The summed E-state index contributed by atoms with van der Waals surface area (Å²) in [6, 6.07) is 6.53. The number of rotatable bonds is 4. The molecule has 0 aliphatic carbocycles. The third-order valence-corrected chi connectivity index (χ3v) is 3.86. The zero-order valence-electron chi connectivity index (χ0n) is 12.4. The number of nitrogens with zero attached hydrogens (tertiary/aromatic N) is 3. The molecule has 8 nitrogen and oxygen atoms in total. The van der Waals surface area contributed by atoms with Gasteiger partial charge in [-0.2, -0.15) is 5.10 Å². The number of carbonyl (C=O) groups excluding carboxylic acids is 1. The summed E-state index contributed by atoms with van der Waals surface area (Å²) in [4.78, 5) is 16.5. The van der Waals surface area contributed by atoms with Crippen LogP contribution in [0.1, 0.15) is 16.8 Å². The van der Waals surface area contributed by atoms with Crippen LogP contribution in [0.4, 0.5) is 0 Å². The average Bonchev–Trinajstić information content (AvgIpc) is 3.11. The molecule has 1 saturated heterocycles. The van der Waals surface area contributed by atoms with Crippen molar-refractivity contribution in [2.45, 2.75) is 24.7 Å². The summed E-state index contributed by atoms with van der Waals surface area (Å²) in [5.74, 6) is -0.321. The Kier molecular flexibility index (Phi) is 4.65. The molecule has 2 heterocycles.